The molecule has 2 atom stereocenters. The molecule has 0 heterocycles. The van der Waals surface area contributed by atoms with E-state index in [4.69, 9.17) is 4.74 Å². The molecule has 108 valence electrons. The SMILES string of the molecule is CCOC(C(C)C)C(CCCc1ccccc1)NC. The first-order valence-electron chi connectivity index (χ1n) is 7.51. The van der Waals surface area contributed by atoms with Crippen LogP contribution in [0.2, 0.25) is 0 Å². The number of nitrogens with one attached hydrogen (secondary N) is 1. The van der Waals surface area contributed by atoms with E-state index in [-0.39, 0.29) is 0 Å². The van der Waals surface area contributed by atoms with E-state index in [2.05, 4.69) is 56.4 Å². The van der Waals surface area contributed by atoms with Crippen molar-refractivity contribution in [1.29, 1.82) is 0 Å². The Morgan fingerprint density at radius 1 is 1.16 bits per heavy atom. The van der Waals surface area contributed by atoms with Crippen LogP contribution in [0.3, 0.4) is 0 Å². The standard InChI is InChI=1S/C17H29NO/c1-5-19-17(14(2)3)16(18-4)13-9-12-15-10-7-6-8-11-15/h6-8,10-11,14,16-18H,5,9,12-13H2,1-4H3. The Balaban J connectivity index is 2.43. The predicted molar refractivity (Wildman–Crippen MR) is 82.5 cm³/mol. The van der Waals surface area contributed by atoms with Crippen molar-refractivity contribution in [3.63, 3.8) is 0 Å². The Bertz CT molecular complexity index is 323. The summed E-state index contributed by atoms with van der Waals surface area (Å²) >= 11 is 0. The third-order valence-electron chi connectivity index (χ3n) is 3.61. The van der Waals surface area contributed by atoms with Crippen molar-refractivity contribution >= 4 is 0 Å². The minimum atomic E-state index is 0.311. The van der Waals surface area contributed by atoms with Crippen molar-refractivity contribution in [3.05, 3.63) is 35.9 Å². The van der Waals surface area contributed by atoms with Crippen LogP contribution in [0.5, 0.6) is 0 Å². The topological polar surface area (TPSA) is 21.3 Å². The lowest BCUT2D eigenvalue weighted by molar-refractivity contribution is 0.00287. The van der Waals surface area contributed by atoms with E-state index >= 15 is 0 Å². The van der Waals surface area contributed by atoms with Crippen LogP contribution < -0.4 is 5.32 Å². The summed E-state index contributed by atoms with van der Waals surface area (Å²) in [6.45, 7) is 7.34. The van der Waals surface area contributed by atoms with Crippen molar-refractivity contribution < 1.29 is 4.74 Å². The Kier molecular flexibility index (Phi) is 7.76. The minimum absolute atomic E-state index is 0.311. The second-order valence-electron chi connectivity index (χ2n) is 5.44. The molecule has 1 rings (SSSR count). The van der Waals surface area contributed by atoms with E-state index in [1.54, 1.807) is 0 Å². The van der Waals surface area contributed by atoms with E-state index in [0.29, 0.717) is 18.1 Å². The summed E-state index contributed by atoms with van der Waals surface area (Å²) in [7, 11) is 2.04. The molecule has 0 aromatic heterocycles. The molecule has 0 bridgehead atoms. The number of aryl methyl sites for hydroxylation is 1. The quantitative estimate of drug-likeness (QED) is 0.734. The van der Waals surface area contributed by atoms with E-state index < -0.39 is 0 Å². The van der Waals surface area contributed by atoms with Crippen molar-refractivity contribution in [3.8, 4) is 0 Å². The second-order valence-corrected chi connectivity index (χ2v) is 5.44. The molecule has 0 fully saturated rings. The maximum Gasteiger partial charge on any atom is 0.0750 e. The Morgan fingerprint density at radius 2 is 1.84 bits per heavy atom. The van der Waals surface area contributed by atoms with Gasteiger partial charge in [0.2, 0.25) is 0 Å². The van der Waals surface area contributed by atoms with Crippen LogP contribution in [0.4, 0.5) is 0 Å². The summed E-state index contributed by atoms with van der Waals surface area (Å²) < 4.78 is 5.90. The molecule has 2 nitrogen and oxygen atoms in total. The van der Waals surface area contributed by atoms with Crippen LogP contribution >= 0.6 is 0 Å². The summed E-state index contributed by atoms with van der Waals surface area (Å²) in [5, 5.41) is 3.43. The lowest BCUT2D eigenvalue weighted by Crippen LogP contribution is -2.42. The summed E-state index contributed by atoms with van der Waals surface area (Å²) in [4.78, 5) is 0. The lowest BCUT2D eigenvalue weighted by atomic mass is 9.94. The van der Waals surface area contributed by atoms with E-state index in [1.165, 1.54) is 12.0 Å². The average molecular weight is 263 g/mol. The van der Waals surface area contributed by atoms with E-state index in [9.17, 15) is 0 Å². The number of likely N-dealkylation sites (N-methyl/N-ethyl adjacent to an activating group) is 1. The minimum Gasteiger partial charge on any atom is -0.377 e. The van der Waals surface area contributed by atoms with E-state index in [1.807, 2.05) is 7.05 Å². The van der Waals surface area contributed by atoms with Gasteiger partial charge in [-0.3, -0.25) is 0 Å². The van der Waals surface area contributed by atoms with E-state index in [0.717, 1.165) is 19.4 Å². The number of rotatable bonds is 9. The Morgan fingerprint density at radius 3 is 2.37 bits per heavy atom. The molecule has 1 N–H and O–H groups in total. The molecule has 0 saturated carbocycles. The molecule has 1 aromatic rings. The van der Waals surface area contributed by atoms with Gasteiger partial charge in [0.15, 0.2) is 0 Å². The van der Waals surface area contributed by atoms with Gasteiger partial charge >= 0.3 is 0 Å². The zero-order valence-electron chi connectivity index (χ0n) is 12.9. The highest BCUT2D eigenvalue weighted by atomic mass is 16.5. The highest BCUT2D eigenvalue weighted by Crippen LogP contribution is 2.16. The molecule has 0 aliphatic rings. The molecule has 0 radical (unpaired) electrons. The van der Waals surface area contributed by atoms with Crippen molar-refractivity contribution in [1.82, 2.24) is 5.32 Å². The maximum atomic E-state index is 5.90. The fourth-order valence-electron chi connectivity index (χ4n) is 2.61. The lowest BCUT2D eigenvalue weighted by Gasteiger charge is -2.30. The van der Waals surface area contributed by atoms with Crippen LogP contribution in [-0.2, 0) is 11.2 Å². The summed E-state index contributed by atoms with van der Waals surface area (Å²) in [6, 6.07) is 11.2. The van der Waals surface area contributed by atoms with Crippen LogP contribution in [-0.4, -0.2) is 25.8 Å². The first kappa shape index (κ1) is 16.2. The van der Waals surface area contributed by atoms with Crippen LogP contribution in [0, 0.1) is 5.92 Å². The molecule has 0 aliphatic heterocycles. The summed E-state index contributed by atoms with van der Waals surface area (Å²) in [5.74, 6) is 0.550. The fourth-order valence-corrected chi connectivity index (χ4v) is 2.61. The first-order valence-corrected chi connectivity index (χ1v) is 7.51. The van der Waals surface area contributed by atoms with Gasteiger partial charge in [-0.05, 0) is 44.7 Å². The number of benzene rings is 1. The van der Waals surface area contributed by atoms with Gasteiger partial charge < -0.3 is 10.1 Å². The van der Waals surface area contributed by atoms with Gasteiger partial charge in [0, 0.05) is 12.6 Å². The van der Waals surface area contributed by atoms with Gasteiger partial charge in [0.1, 0.15) is 0 Å². The average Bonchev–Trinajstić information content (AvgIpc) is 2.42. The molecule has 1 aromatic carbocycles. The first-order chi connectivity index (χ1) is 9.19. The largest absolute Gasteiger partial charge is 0.377 e. The van der Waals surface area contributed by atoms with Gasteiger partial charge in [-0.1, -0.05) is 44.2 Å². The van der Waals surface area contributed by atoms with Gasteiger partial charge in [0.25, 0.3) is 0 Å². The summed E-state index contributed by atoms with van der Waals surface area (Å²) in [5.41, 5.74) is 1.43. The Hall–Kier alpha value is -0.860. The number of hydrogen-bond acceptors (Lipinski definition) is 2. The fraction of sp³-hybridized carbons (Fsp3) is 0.647. The number of ether oxygens (including phenoxy) is 1. The monoisotopic (exact) mass is 263 g/mol. The van der Waals surface area contributed by atoms with Gasteiger partial charge in [0.05, 0.1) is 6.10 Å². The third kappa shape index (κ3) is 5.75. The zero-order valence-corrected chi connectivity index (χ0v) is 12.9. The van der Waals surface area contributed by atoms with Crippen molar-refractivity contribution in [2.75, 3.05) is 13.7 Å². The van der Waals surface area contributed by atoms with Crippen LogP contribution in [0.1, 0.15) is 39.2 Å². The van der Waals surface area contributed by atoms with Crippen molar-refractivity contribution in [2.24, 2.45) is 5.92 Å². The zero-order chi connectivity index (χ0) is 14.1. The maximum absolute atomic E-state index is 5.90. The molecular formula is C17H29NO. The normalized spacial score (nSPS) is 14.6. The van der Waals surface area contributed by atoms with Crippen LogP contribution in [0.25, 0.3) is 0 Å². The predicted octanol–water partition coefficient (Wildman–Crippen LogP) is 3.66. The molecule has 0 saturated heterocycles. The second kappa shape index (κ2) is 9.11. The molecule has 0 amide bonds. The molecule has 0 spiro atoms. The molecule has 2 unspecified atom stereocenters. The highest BCUT2D eigenvalue weighted by Gasteiger charge is 2.23. The Labute approximate surface area is 118 Å². The van der Waals surface area contributed by atoms with Gasteiger partial charge in [-0.2, -0.15) is 0 Å². The molecule has 19 heavy (non-hydrogen) atoms. The third-order valence-corrected chi connectivity index (χ3v) is 3.61. The van der Waals surface area contributed by atoms with Crippen molar-refractivity contribution in [2.45, 2.75) is 52.2 Å². The summed E-state index contributed by atoms with van der Waals surface area (Å²) in [6.07, 6.45) is 3.82. The van der Waals surface area contributed by atoms with Gasteiger partial charge in [-0.25, -0.2) is 0 Å². The smallest absolute Gasteiger partial charge is 0.0750 e. The molecule has 0 aliphatic carbocycles. The van der Waals surface area contributed by atoms with Crippen LogP contribution in [0.15, 0.2) is 30.3 Å². The highest BCUT2D eigenvalue weighted by molar-refractivity contribution is 5.14. The number of hydrogen-bond donors (Lipinski definition) is 1. The molecule has 2 heteroatoms. The van der Waals surface area contributed by atoms with Gasteiger partial charge in [-0.15, -0.1) is 0 Å². The molecular weight excluding hydrogens is 234 g/mol.